The van der Waals surface area contributed by atoms with Gasteiger partial charge in [0.1, 0.15) is 6.04 Å². The van der Waals surface area contributed by atoms with E-state index in [0.29, 0.717) is 6.42 Å². The van der Waals surface area contributed by atoms with E-state index < -0.39 is 12.1 Å². The number of rotatable bonds is 9. The molecule has 1 aliphatic rings. The third kappa shape index (κ3) is 5.41. The predicted molar refractivity (Wildman–Crippen MR) is 130 cm³/mol. The van der Waals surface area contributed by atoms with E-state index in [4.69, 9.17) is 0 Å². The van der Waals surface area contributed by atoms with Gasteiger partial charge in [0.25, 0.3) is 5.56 Å². The van der Waals surface area contributed by atoms with E-state index in [9.17, 15) is 14.7 Å². The molecular weight excluding hydrogens is 414 g/mol. The number of aliphatic hydroxyl groups excluding tert-OH is 1. The number of hydrogen-bond donors (Lipinski definition) is 3. The zero-order chi connectivity index (χ0) is 23.2. The van der Waals surface area contributed by atoms with Crippen molar-refractivity contribution < 1.29 is 9.90 Å². The number of carbonyl (C=O) groups excluding carboxylic acids is 1. The summed E-state index contributed by atoms with van der Waals surface area (Å²) in [7, 11) is 0. The lowest BCUT2D eigenvalue weighted by molar-refractivity contribution is -0.119. The average Bonchev–Trinajstić information content (AvgIpc) is 3.29. The van der Waals surface area contributed by atoms with E-state index >= 15 is 0 Å². The highest BCUT2D eigenvalue weighted by molar-refractivity contribution is 5.94. The molecule has 0 aliphatic carbocycles. The summed E-state index contributed by atoms with van der Waals surface area (Å²) in [4.78, 5) is 24.9. The highest BCUT2D eigenvalue weighted by atomic mass is 16.3. The van der Waals surface area contributed by atoms with Crippen molar-refractivity contribution in [3.8, 4) is 0 Å². The second kappa shape index (κ2) is 10.6. The zero-order valence-electron chi connectivity index (χ0n) is 18.9. The number of aliphatic hydroxyl groups is 1. The Kier molecular flexibility index (Phi) is 7.37. The standard InChI is InChI=1S/C27H31N3O3/c1-2-23(26(32)20-7-4-3-5-8-20)28-18-17-19-11-13-21(14-12-19)29-27(33)24-16-15-22-9-6-10-25(31)30(22)24/h3-14,23-24,26,28,32H,2,15-18H2,1H3,(H,29,33)/t23-,24+,26-/m1/s1. The van der Waals surface area contributed by atoms with Crippen LogP contribution < -0.4 is 16.2 Å². The third-order valence-corrected chi connectivity index (χ3v) is 6.37. The molecule has 2 aromatic carbocycles. The number of pyridine rings is 1. The Balaban J connectivity index is 1.29. The number of hydrogen-bond acceptors (Lipinski definition) is 4. The van der Waals surface area contributed by atoms with Crippen molar-refractivity contribution in [1.82, 2.24) is 9.88 Å². The van der Waals surface area contributed by atoms with Crippen LogP contribution in [0.1, 0.15) is 48.7 Å². The van der Waals surface area contributed by atoms with Crippen molar-refractivity contribution in [2.75, 3.05) is 11.9 Å². The Morgan fingerprint density at radius 1 is 1.06 bits per heavy atom. The van der Waals surface area contributed by atoms with Crippen molar-refractivity contribution in [2.45, 2.75) is 50.8 Å². The molecule has 0 unspecified atom stereocenters. The maximum Gasteiger partial charge on any atom is 0.251 e. The molecule has 2 heterocycles. The Bertz CT molecular complexity index is 1130. The molecule has 3 atom stereocenters. The van der Waals surface area contributed by atoms with Crippen LogP contribution in [0.2, 0.25) is 0 Å². The first-order valence-electron chi connectivity index (χ1n) is 11.6. The first-order chi connectivity index (χ1) is 16.1. The summed E-state index contributed by atoms with van der Waals surface area (Å²) in [5, 5.41) is 17.1. The van der Waals surface area contributed by atoms with E-state index in [2.05, 4.69) is 17.6 Å². The van der Waals surface area contributed by atoms with Crippen molar-refractivity contribution in [3.63, 3.8) is 0 Å². The van der Waals surface area contributed by atoms with Crippen LogP contribution >= 0.6 is 0 Å². The number of aromatic nitrogens is 1. The molecule has 4 rings (SSSR count). The Hall–Kier alpha value is -3.22. The Morgan fingerprint density at radius 2 is 1.82 bits per heavy atom. The maximum absolute atomic E-state index is 12.8. The van der Waals surface area contributed by atoms with Gasteiger partial charge in [-0.2, -0.15) is 0 Å². The summed E-state index contributed by atoms with van der Waals surface area (Å²) in [6.45, 7) is 2.81. The molecular formula is C27H31N3O3. The van der Waals surface area contributed by atoms with E-state index in [1.54, 1.807) is 10.6 Å². The molecule has 6 nitrogen and oxygen atoms in total. The first kappa shape index (κ1) is 23.0. The van der Waals surface area contributed by atoms with Crippen LogP contribution in [0.25, 0.3) is 0 Å². The van der Waals surface area contributed by atoms with Gasteiger partial charge in [-0.05, 0) is 61.6 Å². The second-order valence-corrected chi connectivity index (χ2v) is 8.54. The molecule has 1 amide bonds. The monoisotopic (exact) mass is 445 g/mol. The molecule has 0 fully saturated rings. The Labute approximate surface area is 194 Å². The number of nitrogens with zero attached hydrogens (tertiary/aromatic N) is 1. The van der Waals surface area contributed by atoms with Gasteiger partial charge in [-0.1, -0.05) is 55.5 Å². The van der Waals surface area contributed by atoms with Crippen molar-refractivity contribution >= 4 is 11.6 Å². The first-order valence-corrected chi connectivity index (χ1v) is 11.6. The minimum Gasteiger partial charge on any atom is -0.387 e. The topological polar surface area (TPSA) is 83.4 Å². The molecule has 1 aliphatic heterocycles. The normalized spacial score (nSPS) is 16.7. The minimum atomic E-state index is -0.540. The van der Waals surface area contributed by atoms with Crippen molar-refractivity contribution in [3.05, 3.63) is 100.0 Å². The fraction of sp³-hybridized carbons (Fsp3) is 0.333. The molecule has 33 heavy (non-hydrogen) atoms. The summed E-state index contributed by atoms with van der Waals surface area (Å²) in [5.74, 6) is -0.155. The number of fused-ring (bicyclic) bond motifs is 1. The minimum absolute atomic E-state index is 0.0105. The van der Waals surface area contributed by atoms with E-state index in [-0.39, 0.29) is 17.5 Å². The van der Waals surface area contributed by atoms with Crippen LogP contribution in [0.3, 0.4) is 0 Å². The molecule has 0 radical (unpaired) electrons. The van der Waals surface area contributed by atoms with Crippen molar-refractivity contribution in [2.24, 2.45) is 0 Å². The number of anilines is 1. The van der Waals surface area contributed by atoms with Crippen LogP contribution in [0.5, 0.6) is 0 Å². The van der Waals surface area contributed by atoms with Crippen molar-refractivity contribution in [1.29, 1.82) is 0 Å². The predicted octanol–water partition coefficient (Wildman–Crippen LogP) is 3.62. The molecule has 0 spiro atoms. The van der Waals surface area contributed by atoms with Crippen LogP contribution in [0.15, 0.2) is 77.6 Å². The molecule has 1 aromatic heterocycles. The van der Waals surface area contributed by atoms with Gasteiger partial charge in [-0.15, -0.1) is 0 Å². The van der Waals surface area contributed by atoms with E-state index in [1.807, 2.05) is 60.7 Å². The number of amides is 1. The van der Waals surface area contributed by atoms with Gasteiger partial charge in [-0.25, -0.2) is 0 Å². The summed E-state index contributed by atoms with van der Waals surface area (Å²) in [6.07, 6.45) is 2.48. The summed E-state index contributed by atoms with van der Waals surface area (Å²) in [6, 6.07) is 22.2. The van der Waals surface area contributed by atoms with Crippen LogP contribution in [0, 0.1) is 0 Å². The second-order valence-electron chi connectivity index (χ2n) is 8.54. The SMILES string of the molecule is CC[C@@H](NCCc1ccc(NC(=O)[C@@H]2CCc3cccc(=O)n32)cc1)[C@H](O)c1ccccc1. The maximum atomic E-state index is 12.8. The van der Waals surface area contributed by atoms with Gasteiger partial charge in [-0.3, -0.25) is 9.59 Å². The largest absolute Gasteiger partial charge is 0.387 e. The third-order valence-electron chi connectivity index (χ3n) is 6.37. The quantitative estimate of drug-likeness (QED) is 0.470. The van der Waals surface area contributed by atoms with Gasteiger partial charge in [0.05, 0.1) is 6.10 Å². The van der Waals surface area contributed by atoms with E-state index in [1.165, 1.54) is 6.07 Å². The highest BCUT2D eigenvalue weighted by Crippen LogP contribution is 2.25. The lowest BCUT2D eigenvalue weighted by Gasteiger charge is -2.23. The molecule has 3 N–H and O–H groups in total. The Morgan fingerprint density at radius 3 is 2.55 bits per heavy atom. The zero-order valence-corrected chi connectivity index (χ0v) is 18.9. The smallest absolute Gasteiger partial charge is 0.251 e. The van der Waals surface area contributed by atoms with Gasteiger partial charge < -0.3 is 20.3 Å². The van der Waals surface area contributed by atoms with Gasteiger partial charge in [0.2, 0.25) is 5.91 Å². The number of benzene rings is 2. The van der Waals surface area contributed by atoms with Crippen LogP contribution in [-0.2, 0) is 17.6 Å². The van der Waals surface area contributed by atoms with Crippen LogP contribution in [0.4, 0.5) is 5.69 Å². The lowest BCUT2D eigenvalue weighted by Crippen LogP contribution is -2.35. The number of aryl methyl sites for hydroxylation is 1. The molecule has 0 saturated heterocycles. The summed E-state index contributed by atoms with van der Waals surface area (Å²) < 4.78 is 1.60. The lowest BCUT2D eigenvalue weighted by atomic mass is 10.00. The number of nitrogens with one attached hydrogen (secondary N) is 2. The van der Waals surface area contributed by atoms with Gasteiger partial charge in [0.15, 0.2) is 0 Å². The molecule has 172 valence electrons. The fourth-order valence-corrected chi connectivity index (χ4v) is 4.51. The molecule has 3 aromatic rings. The average molecular weight is 446 g/mol. The fourth-order valence-electron chi connectivity index (χ4n) is 4.51. The van der Waals surface area contributed by atoms with E-state index in [0.717, 1.165) is 48.3 Å². The number of carbonyl (C=O) groups is 1. The van der Waals surface area contributed by atoms with Gasteiger partial charge >= 0.3 is 0 Å². The summed E-state index contributed by atoms with van der Waals surface area (Å²) in [5.41, 5.74) is 3.57. The molecule has 0 saturated carbocycles. The molecule has 0 bridgehead atoms. The highest BCUT2D eigenvalue weighted by Gasteiger charge is 2.28. The molecule has 6 heteroatoms. The van der Waals surface area contributed by atoms with Gasteiger partial charge in [0, 0.05) is 23.5 Å². The van der Waals surface area contributed by atoms with Crippen LogP contribution in [-0.4, -0.2) is 28.2 Å². The summed E-state index contributed by atoms with van der Waals surface area (Å²) >= 11 is 0.